The van der Waals surface area contributed by atoms with E-state index in [2.05, 4.69) is 0 Å². The zero-order valence-electron chi connectivity index (χ0n) is 15.4. The van der Waals surface area contributed by atoms with Crippen LogP contribution in [0.3, 0.4) is 0 Å². The Morgan fingerprint density at radius 2 is 1.78 bits per heavy atom. The third-order valence-electron chi connectivity index (χ3n) is 6.71. The first-order chi connectivity index (χ1) is 12.8. The number of carboxylic acid groups (broad SMARTS) is 2. The molecule has 6 unspecified atom stereocenters. The van der Waals surface area contributed by atoms with Crippen LogP contribution in [0.15, 0.2) is 35.2 Å². The number of thioether (sulfide) groups is 1. The first-order valence-electron chi connectivity index (χ1n) is 9.25. The number of carboxylic acids is 2. The van der Waals surface area contributed by atoms with Crippen LogP contribution >= 0.6 is 11.8 Å². The molecule has 0 spiro atoms. The van der Waals surface area contributed by atoms with E-state index in [0.717, 1.165) is 4.90 Å². The zero-order valence-corrected chi connectivity index (χ0v) is 16.2. The monoisotopic (exact) mass is 391 g/mol. The number of rotatable bonds is 8. The van der Waals surface area contributed by atoms with Crippen molar-refractivity contribution in [3.8, 4) is 0 Å². The fraction of sp³-hybridized carbons (Fsp3) is 0.550. The summed E-state index contributed by atoms with van der Waals surface area (Å²) in [4.78, 5) is 38.5. The van der Waals surface area contributed by atoms with Crippen molar-refractivity contribution in [2.45, 2.75) is 36.8 Å². The minimum absolute atomic E-state index is 0.259. The summed E-state index contributed by atoms with van der Waals surface area (Å²) in [5.41, 5.74) is 2.82. The molecular formula is C20H25NO5S. The van der Waals surface area contributed by atoms with Gasteiger partial charge in [-0.3, -0.25) is 14.4 Å². The molecule has 0 bridgehead atoms. The molecule has 0 aromatic heterocycles. The number of carbonyl (C=O) groups is 3. The highest BCUT2D eigenvalue weighted by atomic mass is 32.2. The normalized spacial score (nSPS) is 36.9. The molecule has 3 rings (SSSR count). The van der Waals surface area contributed by atoms with Gasteiger partial charge >= 0.3 is 11.9 Å². The molecule has 2 aliphatic rings. The number of hydrogen-bond acceptors (Lipinski definition) is 5. The van der Waals surface area contributed by atoms with Gasteiger partial charge in [0.2, 0.25) is 0 Å². The van der Waals surface area contributed by atoms with E-state index in [4.69, 9.17) is 5.73 Å². The van der Waals surface area contributed by atoms with Crippen LogP contribution in [0.25, 0.3) is 0 Å². The van der Waals surface area contributed by atoms with E-state index in [9.17, 15) is 24.6 Å². The SMILES string of the molecule is CCC1C(Sc2ccccc2)C2C(C(=O)O)C2(CC)C1(C(=O)O)C(=O)CN. The van der Waals surface area contributed by atoms with Crippen molar-refractivity contribution >= 4 is 29.5 Å². The topological polar surface area (TPSA) is 118 Å². The summed E-state index contributed by atoms with van der Waals surface area (Å²) in [5.74, 6) is -4.45. The Balaban J connectivity index is 2.18. The average molecular weight is 391 g/mol. The fourth-order valence-electron chi connectivity index (χ4n) is 5.86. The lowest BCUT2D eigenvalue weighted by molar-refractivity contribution is -0.165. The predicted molar refractivity (Wildman–Crippen MR) is 101 cm³/mol. The number of ketones is 1. The molecule has 1 aromatic rings. The molecule has 7 heteroatoms. The molecule has 2 saturated carbocycles. The van der Waals surface area contributed by atoms with Gasteiger partial charge in [0.25, 0.3) is 0 Å². The van der Waals surface area contributed by atoms with Gasteiger partial charge in [-0.25, -0.2) is 0 Å². The van der Waals surface area contributed by atoms with E-state index in [-0.39, 0.29) is 11.2 Å². The van der Waals surface area contributed by atoms with Gasteiger partial charge in [0.05, 0.1) is 12.5 Å². The van der Waals surface area contributed by atoms with Gasteiger partial charge in [-0.05, 0) is 30.4 Å². The van der Waals surface area contributed by atoms with Crippen molar-refractivity contribution in [1.29, 1.82) is 0 Å². The number of Topliss-reactive ketones (excluding diaryl/α,β-unsaturated/α-hetero) is 1. The molecule has 0 heterocycles. The second-order valence-electron chi connectivity index (χ2n) is 7.39. The molecule has 0 aliphatic heterocycles. The van der Waals surface area contributed by atoms with E-state index in [1.54, 1.807) is 6.92 Å². The summed E-state index contributed by atoms with van der Waals surface area (Å²) in [5, 5.41) is 19.8. The van der Waals surface area contributed by atoms with Gasteiger partial charge in [-0.1, -0.05) is 38.5 Å². The standard InChI is InChI=1S/C20H25NO5S/c1-3-12-16(27-11-8-6-5-7-9-11)14-15(17(23)24)19(14,4-2)20(12,18(25)26)13(22)10-21/h5-9,12,14-16H,3-4,10,21H2,1-2H3,(H,23,24)(H,25,26). The number of nitrogens with two attached hydrogens (primary N) is 1. The highest BCUT2D eigenvalue weighted by molar-refractivity contribution is 8.00. The quantitative estimate of drug-likeness (QED) is 0.583. The van der Waals surface area contributed by atoms with Crippen LogP contribution in [0.5, 0.6) is 0 Å². The smallest absolute Gasteiger partial charge is 0.318 e. The third kappa shape index (κ3) is 2.41. The molecule has 0 amide bonds. The lowest BCUT2D eigenvalue weighted by Gasteiger charge is -2.40. The highest BCUT2D eigenvalue weighted by Crippen LogP contribution is 2.82. The van der Waals surface area contributed by atoms with Crippen LogP contribution in [0, 0.1) is 28.6 Å². The van der Waals surface area contributed by atoms with Crippen molar-refractivity contribution in [1.82, 2.24) is 0 Å². The molecule has 27 heavy (non-hydrogen) atoms. The van der Waals surface area contributed by atoms with Gasteiger partial charge in [0.1, 0.15) is 5.41 Å². The first-order valence-corrected chi connectivity index (χ1v) is 10.1. The summed E-state index contributed by atoms with van der Waals surface area (Å²) in [6.07, 6.45) is 0.808. The minimum Gasteiger partial charge on any atom is -0.481 e. The molecule has 6 atom stereocenters. The molecule has 6 nitrogen and oxygen atoms in total. The Kier molecular flexibility index (Phi) is 5.12. The largest absolute Gasteiger partial charge is 0.481 e. The molecule has 2 aliphatic carbocycles. The lowest BCUT2D eigenvalue weighted by atomic mass is 9.61. The second kappa shape index (κ2) is 6.95. The van der Waals surface area contributed by atoms with Gasteiger partial charge < -0.3 is 15.9 Å². The first kappa shape index (κ1) is 19.9. The maximum Gasteiger partial charge on any atom is 0.318 e. The van der Waals surface area contributed by atoms with Gasteiger partial charge in [-0.2, -0.15) is 0 Å². The maximum absolute atomic E-state index is 13.0. The van der Waals surface area contributed by atoms with E-state index in [0.29, 0.717) is 12.8 Å². The Morgan fingerprint density at radius 1 is 1.15 bits per heavy atom. The van der Waals surface area contributed by atoms with Crippen LogP contribution < -0.4 is 5.73 Å². The molecule has 0 radical (unpaired) electrons. The number of benzene rings is 1. The summed E-state index contributed by atoms with van der Waals surface area (Å²) >= 11 is 1.50. The van der Waals surface area contributed by atoms with Crippen LogP contribution in [-0.2, 0) is 14.4 Å². The van der Waals surface area contributed by atoms with Crippen molar-refractivity contribution in [2.24, 2.45) is 34.3 Å². The van der Waals surface area contributed by atoms with Crippen molar-refractivity contribution < 1.29 is 24.6 Å². The number of hydrogen-bond donors (Lipinski definition) is 3. The zero-order chi connectivity index (χ0) is 20.0. The van der Waals surface area contributed by atoms with E-state index in [1.807, 2.05) is 37.3 Å². The molecule has 4 N–H and O–H groups in total. The number of fused-ring (bicyclic) bond motifs is 1. The van der Waals surface area contributed by atoms with Crippen LogP contribution in [0.1, 0.15) is 26.7 Å². The minimum atomic E-state index is -1.74. The Bertz CT molecular complexity index is 769. The van der Waals surface area contributed by atoms with Crippen LogP contribution in [0.2, 0.25) is 0 Å². The van der Waals surface area contributed by atoms with Crippen LogP contribution in [0.4, 0.5) is 0 Å². The van der Waals surface area contributed by atoms with Crippen molar-refractivity contribution in [2.75, 3.05) is 6.54 Å². The van der Waals surface area contributed by atoms with Crippen LogP contribution in [-0.4, -0.2) is 39.7 Å². The Hall–Kier alpha value is -1.86. The number of carbonyl (C=O) groups excluding carboxylic acids is 1. The summed E-state index contributed by atoms with van der Waals surface area (Å²) < 4.78 is 0. The van der Waals surface area contributed by atoms with Gasteiger partial charge in [0, 0.05) is 15.6 Å². The highest BCUT2D eigenvalue weighted by Gasteiger charge is 2.88. The molecule has 0 saturated heterocycles. The van der Waals surface area contributed by atoms with E-state index in [1.165, 1.54) is 11.8 Å². The molecule has 2 fully saturated rings. The van der Waals surface area contributed by atoms with Crippen molar-refractivity contribution in [3.05, 3.63) is 30.3 Å². The van der Waals surface area contributed by atoms with Gasteiger partial charge in [-0.15, -0.1) is 11.8 Å². The average Bonchev–Trinajstić information content (AvgIpc) is 3.28. The summed E-state index contributed by atoms with van der Waals surface area (Å²) in [7, 11) is 0. The third-order valence-corrected chi connectivity index (χ3v) is 8.15. The molecular weight excluding hydrogens is 366 g/mol. The predicted octanol–water partition coefficient (Wildman–Crippen LogP) is 2.51. The summed E-state index contributed by atoms with van der Waals surface area (Å²) in [6.45, 7) is 3.26. The fourth-order valence-corrected chi connectivity index (χ4v) is 7.60. The van der Waals surface area contributed by atoms with Crippen molar-refractivity contribution in [3.63, 3.8) is 0 Å². The number of aliphatic carboxylic acids is 2. The second-order valence-corrected chi connectivity index (χ2v) is 8.64. The van der Waals surface area contributed by atoms with E-state index >= 15 is 0 Å². The lowest BCUT2D eigenvalue weighted by Crippen LogP contribution is -2.55. The van der Waals surface area contributed by atoms with Gasteiger partial charge in [0.15, 0.2) is 5.78 Å². The maximum atomic E-state index is 13.0. The Morgan fingerprint density at radius 3 is 2.22 bits per heavy atom. The molecule has 1 aromatic carbocycles. The molecule has 146 valence electrons. The van der Waals surface area contributed by atoms with E-state index < -0.39 is 46.9 Å². The summed E-state index contributed by atoms with van der Waals surface area (Å²) in [6, 6.07) is 9.52. The Labute approximate surface area is 162 Å².